The Morgan fingerprint density at radius 3 is 3.00 bits per heavy atom. The second-order valence-electron chi connectivity index (χ2n) is 4.18. The van der Waals surface area contributed by atoms with E-state index in [1.54, 1.807) is 12.3 Å². The zero-order valence-corrected chi connectivity index (χ0v) is 11.9. The average molecular weight is 289 g/mol. The minimum Gasteiger partial charge on any atom is -0.394 e. The Balaban J connectivity index is 2.36. The molecule has 1 rings (SSSR count). The number of rotatable bonds is 9. The molecule has 5 nitrogen and oxygen atoms in total. The highest BCUT2D eigenvalue weighted by Crippen LogP contribution is 2.14. The van der Waals surface area contributed by atoms with Crippen molar-refractivity contribution in [3.63, 3.8) is 0 Å². The van der Waals surface area contributed by atoms with Crippen molar-refractivity contribution in [1.29, 1.82) is 0 Å². The Kier molecular flexibility index (Phi) is 7.55. The lowest BCUT2D eigenvalue weighted by atomic mass is 10.3. The van der Waals surface area contributed by atoms with Crippen LogP contribution in [0.5, 0.6) is 0 Å². The number of carbonyl (C=O) groups excluding carboxylic acids is 1. The molecule has 108 valence electrons. The van der Waals surface area contributed by atoms with Crippen molar-refractivity contribution in [2.45, 2.75) is 26.3 Å². The van der Waals surface area contributed by atoms with E-state index in [2.05, 4.69) is 5.32 Å². The first kappa shape index (κ1) is 16.0. The predicted octanol–water partition coefficient (Wildman–Crippen LogP) is 1.68. The number of nitrogens with one attached hydrogen (secondary N) is 1. The molecule has 2 N–H and O–H groups in total. The topological polar surface area (TPSA) is 63.5 Å². The summed E-state index contributed by atoms with van der Waals surface area (Å²) in [6.45, 7) is 4.25. The van der Waals surface area contributed by atoms with Crippen LogP contribution in [0.15, 0.2) is 12.3 Å². The van der Waals surface area contributed by atoms with Crippen LogP contribution in [-0.2, 0) is 11.3 Å². The maximum atomic E-state index is 12.0. The van der Waals surface area contributed by atoms with Crippen molar-refractivity contribution >= 4 is 17.5 Å². The van der Waals surface area contributed by atoms with Crippen molar-refractivity contribution in [3.05, 3.63) is 23.0 Å². The summed E-state index contributed by atoms with van der Waals surface area (Å²) in [5, 5.41) is 11.9. The van der Waals surface area contributed by atoms with Gasteiger partial charge < -0.3 is 19.7 Å². The van der Waals surface area contributed by atoms with Crippen LogP contribution < -0.4 is 5.32 Å². The smallest absolute Gasteiger partial charge is 0.267 e. The summed E-state index contributed by atoms with van der Waals surface area (Å²) in [6, 6.07) is 1.68. The molecule has 0 spiro atoms. The van der Waals surface area contributed by atoms with Gasteiger partial charge >= 0.3 is 0 Å². The molecular weight excluding hydrogens is 268 g/mol. The Labute approximate surface area is 118 Å². The fraction of sp³-hybridized carbons (Fsp3) is 0.615. The van der Waals surface area contributed by atoms with E-state index < -0.39 is 0 Å². The first-order valence-corrected chi connectivity index (χ1v) is 6.89. The molecule has 0 saturated carbocycles. The monoisotopic (exact) mass is 288 g/mol. The van der Waals surface area contributed by atoms with Gasteiger partial charge in [-0.2, -0.15) is 0 Å². The van der Waals surface area contributed by atoms with Gasteiger partial charge in [0, 0.05) is 25.9 Å². The van der Waals surface area contributed by atoms with E-state index >= 15 is 0 Å². The van der Waals surface area contributed by atoms with Crippen LogP contribution in [0.2, 0.25) is 5.02 Å². The van der Waals surface area contributed by atoms with E-state index in [4.69, 9.17) is 21.4 Å². The molecule has 0 saturated heterocycles. The van der Waals surface area contributed by atoms with Gasteiger partial charge in [-0.05, 0) is 18.9 Å². The molecule has 0 fully saturated rings. The Hall–Kier alpha value is -1.04. The molecule has 0 atom stereocenters. The molecule has 0 bridgehead atoms. The minimum absolute atomic E-state index is 0.0232. The SMILES string of the molecule is CCCn1cc(Cl)cc1C(=O)NCCCOCCO. The summed E-state index contributed by atoms with van der Waals surface area (Å²) < 4.78 is 6.97. The summed E-state index contributed by atoms with van der Waals surface area (Å²) in [7, 11) is 0. The molecule has 1 aromatic heterocycles. The molecule has 0 aromatic carbocycles. The fourth-order valence-corrected chi connectivity index (χ4v) is 1.95. The lowest BCUT2D eigenvalue weighted by molar-refractivity contribution is 0.0864. The van der Waals surface area contributed by atoms with Gasteiger partial charge in [0.1, 0.15) is 5.69 Å². The number of aromatic nitrogens is 1. The second-order valence-corrected chi connectivity index (χ2v) is 4.62. The molecule has 19 heavy (non-hydrogen) atoms. The summed E-state index contributed by atoms with van der Waals surface area (Å²) in [6.07, 6.45) is 3.43. The van der Waals surface area contributed by atoms with E-state index in [-0.39, 0.29) is 12.5 Å². The standard InChI is InChI=1S/C13H21ClN2O3/c1-2-5-16-10-11(14)9-12(16)13(18)15-4-3-7-19-8-6-17/h9-10,17H,2-8H2,1H3,(H,15,18). The molecule has 1 amide bonds. The number of aliphatic hydroxyl groups is 1. The van der Waals surface area contributed by atoms with Crippen LogP contribution in [0.1, 0.15) is 30.3 Å². The molecule has 0 unspecified atom stereocenters. The van der Waals surface area contributed by atoms with Gasteiger partial charge in [-0.1, -0.05) is 18.5 Å². The van der Waals surface area contributed by atoms with Gasteiger partial charge in [-0.3, -0.25) is 4.79 Å². The predicted molar refractivity (Wildman–Crippen MR) is 74.6 cm³/mol. The van der Waals surface area contributed by atoms with Gasteiger partial charge in [-0.25, -0.2) is 0 Å². The van der Waals surface area contributed by atoms with E-state index in [9.17, 15) is 4.79 Å². The fourth-order valence-electron chi connectivity index (χ4n) is 1.72. The molecular formula is C13H21ClN2O3. The van der Waals surface area contributed by atoms with Crippen molar-refractivity contribution in [3.8, 4) is 0 Å². The third-order valence-electron chi connectivity index (χ3n) is 2.55. The van der Waals surface area contributed by atoms with Crippen LogP contribution in [0.4, 0.5) is 0 Å². The van der Waals surface area contributed by atoms with Crippen LogP contribution in [0.3, 0.4) is 0 Å². The van der Waals surface area contributed by atoms with Gasteiger partial charge in [-0.15, -0.1) is 0 Å². The number of carbonyl (C=O) groups is 1. The number of ether oxygens (including phenoxy) is 1. The molecule has 1 heterocycles. The summed E-state index contributed by atoms with van der Waals surface area (Å²) in [5.74, 6) is -0.123. The summed E-state index contributed by atoms with van der Waals surface area (Å²) in [4.78, 5) is 12.0. The van der Waals surface area contributed by atoms with Gasteiger partial charge in [0.15, 0.2) is 0 Å². The molecule has 0 aliphatic carbocycles. The molecule has 0 aliphatic rings. The van der Waals surface area contributed by atoms with E-state index in [1.807, 2.05) is 11.5 Å². The van der Waals surface area contributed by atoms with Crippen LogP contribution in [0, 0.1) is 0 Å². The highest BCUT2D eigenvalue weighted by Gasteiger charge is 2.12. The maximum absolute atomic E-state index is 12.0. The van der Waals surface area contributed by atoms with E-state index in [0.717, 1.165) is 13.0 Å². The molecule has 6 heteroatoms. The van der Waals surface area contributed by atoms with Crippen molar-refractivity contribution in [2.75, 3.05) is 26.4 Å². The highest BCUT2D eigenvalue weighted by molar-refractivity contribution is 6.31. The molecule has 0 radical (unpaired) electrons. The van der Waals surface area contributed by atoms with Gasteiger partial charge in [0.05, 0.1) is 18.2 Å². The number of nitrogens with zero attached hydrogens (tertiary/aromatic N) is 1. The van der Waals surface area contributed by atoms with Gasteiger partial charge in [0.25, 0.3) is 5.91 Å². The zero-order valence-electron chi connectivity index (χ0n) is 11.2. The summed E-state index contributed by atoms with van der Waals surface area (Å²) >= 11 is 5.92. The van der Waals surface area contributed by atoms with Crippen LogP contribution >= 0.6 is 11.6 Å². The van der Waals surface area contributed by atoms with Crippen molar-refractivity contribution in [1.82, 2.24) is 9.88 Å². The number of hydrogen-bond donors (Lipinski definition) is 2. The van der Waals surface area contributed by atoms with Crippen LogP contribution in [0.25, 0.3) is 0 Å². The number of hydrogen-bond acceptors (Lipinski definition) is 3. The van der Waals surface area contributed by atoms with E-state index in [0.29, 0.717) is 36.9 Å². The number of aliphatic hydroxyl groups excluding tert-OH is 1. The number of amides is 1. The van der Waals surface area contributed by atoms with Crippen molar-refractivity contribution < 1.29 is 14.6 Å². The Morgan fingerprint density at radius 2 is 2.32 bits per heavy atom. The second kappa shape index (κ2) is 8.96. The maximum Gasteiger partial charge on any atom is 0.267 e. The summed E-state index contributed by atoms with van der Waals surface area (Å²) in [5.41, 5.74) is 0.586. The minimum atomic E-state index is -0.123. The first-order valence-electron chi connectivity index (χ1n) is 6.51. The Bertz CT molecular complexity index is 393. The average Bonchev–Trinajstić information content (AvgIpc) is 2.75. The lowest BCUT2D eigenvalue weighted by Gasteiger charge is -2.08. The number of aryl methyl sites for hydroxylation is 1. The zero-order chi connectivity index (χ0) is 14.1. The third-order valence-corrected chi connectivity index (χ3v) is 2.75. The molecule has 1 aromatic rings. The van der Waals surface area contributed by atoms with Crippen LogP contribution in [-0.4, -0.2) is 41.9 Å². The third kappa shape index (κ3) is 5.63. The largest absolute Gasteiger partial charge is 0.394 e. The highest BCUT2D eigenvalue weighted by atomic mass is 35.5. The quantitative estimate of drug-likeness (QED) is 0.680. The van der Waals surface area contributed by atoms with E-state index in [1.165, 1.54) is 0 Å². The number of halogens is 1. The lowest BCUT2D eigenvalue weighted by Crippen LogP contribution is -2.27. The van der Waals surface area contributed by atoms with Crippen molar-refractivity contribution in [2.24, 2.45) is 0 Å². The van der Waals surface area contributed by atoms with Gasteiger partial charge in [0.2, 0.25) is 0 Å². The Morgan fingerprint density at radius 1 is 1.53 bits per heavy atom. The molecule has 0 aliphatic heterocycles. The normalized spacial score (nSPS) is 10.7. The first-order chi connectivity index (χ1) is 9.19.